The van der Waals surface area contributed by atoms with E-state index in [9.17, 15) is 23.4 Å². The number of amides is 1. The first-order valence-electron chi connectivity index (χ1n) is 6.12. The Morgan fingerprint density at radius 1 is 1.30 bits per heavy atom. The number of aliphatic hydroxyl groups is 2. The Morgan fingerprint density at radius 3 is 2.35 bits per heavy atom. The normalized spacial score (nSPS) is 12.2. The van der Waals surface area contributed by atoms with Gasteiger partial charge in [0.05, 0.1) is 23.6 Å². The zero-order chi connectivity index (χ0) is 15.4. The highest BCUT2D eigenvalue weighted by atomic mass is 32.2. The highest BCUT2D eigenvalue weighted by Crippen LogP contribution is 2.14. The highest BCUT2D eigenvalue weighted by Gasteiger charge is 2.29. The van der Waals surface area contributed by atoms with Gasteiger partial charge < -0.3 is 15.5 Å². The van der Waals surface area contributed by atoms with E-state index >= 15 is 0 Å². The molecule has 0 aromatic heterocycles. The molecular weight excluding hydrogens is 282 g/mol. The van der Waals surface area contributed by atoms with Crippen molar-refractivity contribution in [3.8, 4) is 0 Å². The summed E-state index contributed by atoms with van der Waals surface area (Å²) in [4.78, 5) is 12.1. The van der Waals surface area contributed by atoms with E-state index in [1.807, 2.05) is 0 Å². The molecule has 3 N–H and O–H groups in total. The molecule has 0 aliphatic heterocycles. The second-order valence-corrected chi connectivity index (χ2v) is 6.72. The predicted octanol–water partition coefficient (Wildman–Crippen LogP) is -0.0467. The van der Waals surface area contributed by atoms with Gasteiger partial charge in [-0.25, -0.2) is 8.42 Å². The van der Waals surface area contributed by atoms with Crippen molar-refractivity contribution in [1.29, 1.82) is 0 Å². The van der Waals surface area contributed by atoms with Crippen molar-refractivity contribution in [1.82, 2.24) is 5.32 Å². The highest BCUT2D eigenvalue weighted by molar-refractivity contribution is 7.90. The van der Waals surface area contributed by atoms with E-state index in [1.54, 1.807) is 6.92 Å². The average molecular weight is 301 g/mol. The monoisotopic (exact) mass is 301 g/mol. The number of benzene rings is 1. The molecule has 20 heavy (non-hydrogen) atoms. The van der Waals surface area contributed by atoms with E-state index in [0.29, 0.717) is 6.42 Å². The van der Waals surface area contributed by atoms with Crippen LogP contribution in [0, 0.1) is 0 Å². The summed E-state index contributed by atoms with van der Waals surface area (Å²) < 4.78 is 22.9. The molecule has 0 bridgehead atoms. The molecular formula is C13H19NO5S. The third-order valence-corrected chi connectivity index (χ3v) is 4.30. The van der Waals surface area contributed by atoms with Crippen LogP contribution in [0.5, 0.6) is 0 Å². The predicted molar refractivity (Wildman–Crippen MR) is 74.2 cm³/mol. The molecule has 6 nitrogen and oxygen atoms in total. The van der Waals surface area contributed by atoms with Gasteiger partial charge in [-0.1, -0.05) is 13.0 Å². The largest absolute Gasteiger partial charge is 0.394 e. The maximum atomic E-state index is 12.1. The molecule has 0 saturated heterocycles. The molecule has 1 aromatic carbocycles. The molecule has 112 valence electrons. The van der Waals surface area contributed by atoms with Crippen LogP contribution in [0.4, 0.5) is 0 Å². The van der Waals surface area contributed by atoms with Crippen LogP contribution < -0.4 is 5.32 Å². The first-order chi connectivity index (χ1) is 9.28. The number of nitrogens with one attached hydrogen (secondary N) is 1. The number of carbonyl (C=O) groups excluding carboxylic acids is 1. The third-order valence-electron chi connectivity index (χ3n) is 3.19. The van der Waals surface area contributed by atoms with E-state index in [1.165, 1.54) is 24.3 Å². The van der Waals surface area contributed by atoms with Crippen LogP contribution in [0.1, 0.15) is 23.7 Å². The van der Waals surface area contributed by atoms with Crippen LogP contribution in [-0.2, 0) is 9.84 Å². The first-order valence-corrected chi connectivity index (χ1v) is 8.01. The minimum Gasteiger partial charge on any atom is -0.394 e. The van der Waals surface area contributed by atoms with Gasteiger partial charge in [-0.15, -0.1) is 0 Å². The van der Waals surface area contributed by atoms with Gasteiger partial charge in [0.15, 0.2) is 9.84 Å². The Bertz CT molecular complexity index is 570. The van der Waals surface area contributed by atoms with Gasteiger partial charge in [0, 0.05) is 11.8 Å². The minimum absolute atomic E-state index is 0.0419. The summed E-state index contributed by atoms with van der Waals surface area (Å²) in [6, 6.07) is 5.60. The van der Waals surface area contributed by atoms with E-state index in [2.05, 4.69) is 5.32 Å². The van der Waals surface area contributed by atoms with E-state index in [0.717, 1.165) is 6.26 Å². The van der Waals surface area contributed by atoms with Crippen LogP contribution in [0.15, 0.2) is 29.2 Å². The summed E-state index contributed by atoms with van der Waals surface area (Å²) in [6.07, 6.45) is 1.40. The van der Waals surface area contributed by atoms with Crippen molar-refractivity contribution < 1.29 is 23.4 Å². The van der Waals surface area contributed by atoms with Crippen molar-refractivity contribution in [3.05, 3.63) is 29.8 Å². The van der Waals surface area contributed by atoms with Crippen molar-refractivity contribution in [2.24, 2.45) is 0 Å². The number of sulfone groups is 1. The fourth-order valence-corrected chi connectivity index (χ4v) is 2.29. The summed E-state index contributed by atoms with van der Waals surface area (Å²) in [7, 11) is -3.40. The van der Waals surface area contributed by atoms with Crippen molar-refractivity contribution in [2.45, 2.75) is 23.8 Å². The zero-order valence-electron chi connectivity index (χ0n) is 11.5. The van der Waals surface area contributed by atoms with Crippen LogP contribution in [0.3, 0.4) is 0 Å². The second-order valence-electron chi connectivity index (χ2n) is 4.70. The maximum Gasteiger partial charge on any atom is 0.251 e. The van der Waals surface area contributed by atoms with Gasteiger partial charge in [-0.3, -0.25) is 4.79 Å². The maximum absolute atomic E-state index is 12.1. The molecule has 0 aliphatic carbocycles. The fourth-order valence-electron chi connectivity index (χ4n) is 1.62. The minimum atomic E-state index is -3.40. The molecule has 1 amide bonds. The smallest absolute Gasteiger partial charge is 0.251 e. The van der Waals surface area contributed by atoms with Crippen LogP contribution >= 0.6 is 0 Å². The van der Waals surface area contributed by atoms with E-state index in [-0.39, 0.29) is 10.5 Å². The number of hydrogen-bond donors (Lipinski definition) is 3. The third kappa shape index (κ3) is 3.78. The lowest BCUT2D eigenvalue weighted by atomic mass is 9.98. The first kappa shape index (κ1) is 16.6. The quantitative estimate of drug-likeness (QED) is 0.683. The number of carbonyl (C=O) groups is 1. The van der Waals surface area contributed by atoms with E-state index < -0.39 is 34.5 Å². The summed E-state index contributed by atoms with van der Waals surface area (Å²) in [5.74, 6) is -0.541. The Balaban J connectivity index is 3.05. The number of hydrogen-bond acceptors (Lipinski definition) is 5. The van der Waals surface area contributed by atoms with Gasteiger partial charge in [-0.2, -0.15) is 0 Å². The molecule has 0 atom stereocenters. The molecule has 0 aliphatic rings. The van der Waals surface area contributed by atoms with Gasteiger partial charge in [0.25, 0.3) is 5.91 Å². The van der Waals surface area contributed by atoms with Crippen molar-refractivity contribution in [2.75, 3.05) is 19.5 Å². The topological polar surface area (TPSA) is 104 Å². The molecule has 1 rings (SSSR count). The summed E-state index contributed by atoms with van der Waals surface area (Å²) in [5.41, 5.74) is -0.953. The fraction of sp³-hybridized carbons (Fsp3) is 0.462. The summed E-state index contributed by atoms with van der Waals surface area (Å²) in [6.45, 7) is 0.911. The zero-order valence-corrected chi connectivity index (χ0v) is 12.3. The molecule has 0 radical (unpaired) electrons. The molecule has 0 fully saturated rings. The summed E-state index contributed by atoms with van der Waals surface area (Å²) in [5, 5.41) is 21.1. The lowest BCUT2D eigenvalue weighted by Crippen LogP contribution is -2.53. The van der Waals surface area contributed by atoms with Gasteiger partial charge >= 0.3 is 0 Å². The van der Waals surface area contributed by atoms with Crippen LogP contribution in [0.25, 0.3) is 0 Å². The Morgan fingerprint density at radius 2 is 1.90 bits per heavy atom. The molecule has 0 heterocycles. The molecule has 0 unspecified atom stereocenters. The number of rotatable bonds is 6. The molecule has 0 spiro atoms. The lowest BCUT2D eigenvalue weighted by Gasteiger charge is -2.29. The average Bonchev–Trinajstić information content (AvgIpc) is 2.44. The summed E-state index contributed by atoms with van der Waals surface area (Å²) >= 11 is 0. The molecule has 0 saturated carbocycles. The molecule has 7 heteroatoms. The van der Waals surface area contributed by atoms with Crippen LogP contribution in [-0.4, -0.2) is 49.5 Å². The van der Waals surface area contributed by atoms with Crippen molar-refractivity contribution in [3.63, 3.8) is 0 Å². The van der Waals surface area contributed by atoms with E-state index in [4.69, 9.17) is 0 Å². The molecule has 1 aromatic rings. The van der Waals surface area contributed by atoms with Gasteiger partial charge in [0.1, 0.15) is 0 Å². The Labute approximate surface area is 118 Å². The van der Waals surface area contributed by atoms with Crippen molar-refractivity contribution >= 4 is 15.7 Å². The van der Waals surface area contributed by atoms with Gasteiger partial charge in [0.2, 0.25) is 0 Å². The second kappa shape index (κ2) is 6.34. The number of aliphatic hydroxyl groups excluding tert-OH is 2. The Hall–Kier alpha value is -1.44. The van der Waals surface area contributed by atoms with Crippen LogP contribution in [0.2, 0.25) is 0 Å². The van der Waals surface area contributed by atoms with Gasteiger partial charge in [-0.05, 0) is 24.6 Å². The lowest BCUT2D eigenvalue weighted by molar-refractivity contribution is 0.0653. The Kier molecular flexibility index (Phi) is 5.27. The SMILES string of the molecule is CCC(CO)(CO)NC(=O)c1cccc(S(C)(=O)=O)c1. The standard InChI is InChI=1S/C13H19NO5S/c1-3-13(8-15,9-16)14-12(17)10-5-4-6-11(7-10)20(2,18)19/h4-7,15-16H,3,8-9H2,1-2H3,(H,14,17).